The van der Waals surface area contributed by atoms with Crippen molar-refractivity contribution in [1.29, 1.82) is 0 Å². The van der Waals surface area contributed by atoms with Crippen LogP contribution in [0.3, 0.4) is 0 Å². The molecule has 0 unspecified atom stereocenters. The number of anilines is 1. The van der Waals surface area contributed by atoms with E-state index in [0.29, 0.717) is 25.3 Å². The molecule has 0 spiro atoms. The van der Waals surface area contributed by atoms with Crippen molar-refractivity contribution in [3.63, 3.8) is 0 Å². The smallest absolute Gasteiger partial charge is 0.339 e. The van der Waals surface area contributed by atoms with E-state index in [9.17, 15) is 22.9 Å². The van der Waals surface area contributed by atoms with Gasteiger partial charge in [-0.3, -0.25) is 15.0 Å². The van der Waals surface area contributed by atoms with Crippen molar-refractivity contribution >= 4 is 43.3 Å². The minimum Gasteiger partial charge on any atom is -0.475 e. The number of fused-ring (bicyclic) bond motifs is 7. The summed E-state index contributed by atoms with van der Waals surface area (Å²) in [5, 5.41) is 15.2. The first-order valence-corrected chi connectivity index (χ1v) is 20.3. The number of hydrogen-bond donors (Lipinski definition) is 1. The topological polar surface area (TPSA) is 162 Å². The SMILES string of the molecule is C#Cc1c(F)ccc2cc(OS(=O)(=O)c3ccc([N+](=O)[O-])cc3)cc(-c3nc4c5c(nc(OC[C@@]67CCCN6C[C@H](F)C7)nc5c3F)N3C[C@H]5CC[C@H](N5)[C@H]3CO4)c12. The van der Waals surface area contributed by atoms with Gasteiger partial charge in [-0.2, -0.15) is 18.4 Å². The van der Waals surface area contributed by atoms with E-state index in [1.807, 2.05) is 0 Å². The van der Waals surface area contributed by atoms with E-state index in [-0.39, 0.29) is 98.1 Å². The van der Waals surface area contributed by atoms with Crippen molar-refractivity contribution in [2.45, 2.75) is 66.8 Å². The second-order valence-electron chi connectivity index (χ2n) is 15.5. The number of hydrogen-bond acceptors (Lipinski definition) is 13. The van der Waals surface area contributed by atoms with Gasteiger partial charge in [0.15, 0.2) is 5.82 Å². The van der Waals surface area contributed by atoms with Gasteiger partial charge in [-0.25, -0.2) is 18.2 Å². The molecule has 0 amide bonds. The molecule has 0 aliphatic carbocycles. The Morgan fingerprint density at radius 1 is 1.09 bits per heavy atom. The Hall–Kier alpha value is -5.77. The first kappa shape index (κ1) is 36.6. The van der Waals surface area contributed by atoms with Gasteiger partial charge >= 0.3 is 16.1 Å². The number of nitro groups is 1. The van der Waals surface area contributed by atoms with Crippen LogP contribution in [0.15, 0.2) is 53.4 Å². The molecular formula is C40H34F3N7O7S. The van der Waals surface area contributed by atoms with Crippen LogP contribution in [-0.4, -0.2) is 95.9 Å². The summed E-state index contributed by atoms with van der Waals surface area (Å²) in [5.74, 6) is 0.629. The first-order valence-electron chi connectivity index (χ1n) is 18.9. The lowest BCUT2D eigenvalue weighted by atomic mass is 9.95. The Labute approximate surface area is 329 Å². The molecule has 10 rings (SSSR count). The maximum absolute atomic E-state index is 17.6. The summed E-state index contributed by atoms with van der Waals surface area (Å²) in [7, 11) is -4.60. The van der Waals surface area contributed by atoms with E-state index in [1.54, 1.807) is 0 Å². The summed E-state index contributed by atoms with van der Waals surface area (Å²) in [4.78, 5) is 28.4. The van der Waals surface area contributed by atoms with E-state index in [2.05, 4.69) is 31.0 Å². The monoisotopic (exact) mass is 813 g/mol. The van der Waals surface area contributed by atoms with Crippen LogP contribution in [-0.2, 0) is 10.1 Å². The van der Waals surface area contributed by atoms with E-state index in [1.165, 1.54) is 18.2 Å². The number of nitro benzene ring substituents is 1. The number of halogens is 3. The molecule has 14 nitrogen and oxygen atoms in total. The first-order chi connectivity index (χ1) is 27.9. The fourth-order valence-electron chi connectivity index (χ4n) is 9.51. The lowest BCUT2D eigenvalue weighted by molar-refractivity contribution is -0.384. The maximum Gasteiger partial charge on any atom is 0.339 e. The summed E-state index contributed by atoms with van der Waals surface area (Å²) in [6.07, 6.45) is 8.58. The summed E-state index contributed by atoms with van der Waals surface area (Å²) in [5.41, 5.74) is -1.83. The molecule has 5 aliphatic heterocycles. The van der Waals surface area contributed by atoms with Gasteiger partial charge in [-0.15, -0.1) is 6.42 Å². The number of pyridine rings is 1. The van der Waals surface area contributed by atoms with Crippen LogP contribution in [0.25, 0.3) is 32.9 Å². The van der Waals surface area contributed by atoms with E-state index < -0.39 is 38.4 Å². The third-order valence-electron chi connectivity index (χ3n) is 12.1. The quantitative estimate of drug-likeness (QED) is 0.0914. The number of rotatable bonds is 8. The Morgan fingerprint density at radius 3 is 2.71 bits per heavy atom. The molecule has 58 heavy (non-hydrogen) atoms. The molecule has 4 saturated heterocycles. The number of nitrogens with zero attached hydrogens (tertiary/aromatic N) is 6. The molecule has 2 bridgehead atoms. The number of nitrogens with one attached hydrogen (secondary N) is 1. The maximum atomic E-state index is 17.6. The second-order valence-corrected chi connectivity index (χ2v) is 17.0. The molecule has 5 aromatic rings. The van der Waals surface area contributed by atoms with E-state index >= 15 is 8.78 Å². The molecule has 3 aromatic carbocycles. The average molecular weight is 814 g/mol. The normalized spacial score (nSPS) is 24.9. The van der Waals surface area contributed by atoms with Crippen LogP contribution in [0.5, 0.6) is 17.6 Å². The largest absolute Gasteiger partial charge is 0.475 e. The number of ether oxygens (including phenoxy) is 2. The van der Waals surface area contributed by atoms with Gasteiger partial charge in [-0.1, -0.05) is 12.0 Å². The minimum absolute atomic E-state index is 0.00789. The molecule has 0 radical (unpaired) electrons. The second kappa shape index (κ2) is 13.4. The van der Waals surface area contributed by atoms with Crippen LogP contribution >= 0.6 is 0 Å². The van der Waals surface area contributed by atoms with Gasteiger partial charge in [-0.05, 0) is 67.9 Å². The Morgan fingerprint density at radius 2 is 1.91 bits per heavy atom. The number of non-ortho nitro benzene ring substituents is 1. The molecule has 298 valence electrons. The van der Waals surface area contributed by atoms with Crippen molar-refractivity contribution in [3.05, 3.63) is 75.8 Å². The van der Waals surface area contributed by atoms with Crippen molar-refractivity contribution in [2.75, 3.05) is 37.7 Å². The molecule has 1 N–H and O–H groups in total. The van der Waals surface area contributed by atoms with Gasteiger partial charge in [0.2, 0.25) is 5.88 Å². The Balaban J connectivity index is 1.14. The summed E-state index contributed by atoms with van der Waals surface area (Å²) in [6, 6.07) is 8.88. The average Bonchev–Trinajstić information content (AvgIpc) is 3.84. The highest BCUT2D eigenvalue weighted by atomic mass is 32.2. The molecular weight excluding hydrogens is 780 g/mol. The van der Waals surface area contributed by atoms with Crippen molar-refractivity contribution < 1.29 is 40.2 Å². The number of terminal acetylenes is 1. The van der Waals surface area contributed by atoms with Crippen LogP contribution in [0.2, 0.25) is 0 Å². The van der Waals surface area contributed by atoms with Gasteiger partial charge in [0.05, 0.1) is 22.1 Å². The molecule has 0 saturated carbocycles. The number of benzene rings is 3. The van der Waals surface area contributed by atoms with Gasteiger partial charge < -0.3 is 23.9 Å². The van der Waals surface area contributed by atoms with Crippen LogP contribution < -0.4 is 23.9 Å². The third kappa shape index (κ3) is 5.85. The zero-order chi connectivity index (χ0) is 40.1. The molecule has 5 aliphatic rings. The fourth-order valence-corrected chi connectivity index (χ4v) is 10.4. The highest BCUT2D eigenvalue weighted by Gasteiger charge is 2.50. The fraction of sp³-hybridized carbons (Fsp3) is 0.375. The molecule has 7 heterocycles. The predicted octanol–water partition coefficient (Wildman–Crippen LogP) is 5.44. The molecule has 2 aromatic heterocycles. The Kier molecular flexibility index (Phi) is 8.44. The zero-order valence-corrected chi connectivity index (χ0v) is 31.5. The molecule has 5 atom stereocenters. The van der Waals surface area contributed by atoms with Crippen molar-refractivity contribution in [1.82, 2.24) is 25.2 Å². The Bertz CT molecular complexity index is 2720. The van der Waals surface area contributed by atoms with Crippen LogP contribution in [0.1, 0.15) is 37.7 Å². The van der Waals surface area contributed by atoms with Crippen molar-refractivity contribution in [2.24, 2.45) is 0 Å². The lowest BCUT2D eigenvalue weighted by Gasteiger charge is -2.40. The van der Waals surface area contributed by atoms with Gasteiger partial charge in [0.25, 0.3) is 5.69 Å². The third-order valence-corrected chi connectivity index (χ3v) is 13.4. The molecule has 4 fully saturated rings. The number of piperazine rings is 1. The lowest BCUT2D eigenvalue weighted by Crippen LogP contribution is -2.60. The highest BCUT2D eigenvalue weighted by Crippen LogP contribution is 2.46. The number of alkyl halides is 1. The minimum atomic E-state index is -4.60. The van der Waals surface area contributed by atoms with Crippen LogP contribution in [0.4, 0.5) is 24.7 Å². The summed E-state index contributed by atoms with van der Waals surface area (Å²) < 4.78 is 92.8. The van der Waals surface area contributed by atoms with Crippen molar-refractivity contribution in [3.8, 4) is 41.2 Å². The van der Waals surface area contributed by atoms with Crippen LogP contribution in [0, 0.1) is 34.1 Å². The van der Waals surface area contributed by atoms with Gasteiger partial charge in [0, 0.05) is 54.7 Å². The summed E-state index contributed by atoms with van der Waals surface area (Å²) in [6.45, 7) is 1.86. The zero-order valence-electron chi connectivity index (χ0n) is 30.7. The predicted molar refractivity (Wildman–Crippen MR) is 204 cm³/mol. The van der Waals surface area contributed by atoms with Gasteiger partial charge in [0.1, 0.15) is 58.3 Å². The molecule has 18 heteroatoms. The highest BCUT2D eigenvalue weighted by molar-refractivity contribution is 7.87. The van der Waals surface area contributed by atoms with E-state index in [4.69, 9.17) is 25.1 Å². The van der Waals surface area contributed by atoms with E-state index in [0.717, 1.165) is 62.6 Å². The standard InChI is InChI=1S/C40H34F3N7O7S/c1-2-27-29(42)10-4-21-14-25(57-58(53,54)26-8-6-24(7-9-26)50(51)52)15-28(32(21)27)35-34(43)36-33-37(49-18-23-5-11-30(44-23)31(49)19-55-38(33)45-35)47-39(46-36)56-20-40-12-3-13-48(40)17-22(41)16-40/h1,4,6-10,14-15,22-23,30-31,44H,3,5,11-13,16-20H2/t22-,23-,30+,31-,40+/m1/s1. The number of aromatic nitrogens is 3. The summed E-state index contributed by atoms with van der Waals surface area (Å²) >= 11 is 0.